The van der Waals surface area contributed by atoms with Crippen molar-refractivity contribution in [2.24, 2.45) is 0 Å². The Morgan fingerprint density at radius 3 is 2.50 bits per heavy atom. The molecule has 0 radical (unpaired) electrons. The zero-order valence-corrected chi connectivity index (χ0v) is 16.7. The van der Waals surface area contributed by atoms with Crippen LogP contribution in [0.2, 0.25) is 0 Å². The average molecular weight is 419 g/mol. The van der Waals surface area contributed by atoms with E-state index in [1.165, 1.54) is 0 Å². The molecule has 0 saturated heterocycles. The van der Waals surface area contributed by atoms with Crippen LogP contribution in [0, 0.1) is 11.6 Å². The number of alkyl carbamates (subject to hydrolysis) is 1. The van der Waals surface area contributed by atoms with E-state index in [0.717, 1.165) is 37.3 Å². The lowest BCUT2D eigenvalue weighted by Crippen LogP contribution is -2.28. The fourth-order valence-electron chi connectivity index (χ4n) is 2.39. The molecule has 2 aromatic rings. The van der Waals surface area contributed by atoms with Gasteiger partial charge in [0, 0.05) is 0 Å². The number of rotatable bonds is 9. The third kappa shape index (κ3) is 6.58. The van der Waals surface area contributed by atoms with Gasteiger partial charge in [0.05, 0.1) is 19.3 Å². The first-order valence-corrected chi connectivity index (χ1v) is 9.34. The lowest BCUT2D eigenvalue weighted by Gasteiger charge is -2.12. The number of benzene rings is 2. The highest BCUT2D eigenvalue weighted by Gasteiger charge is 2.19. The van der Waals surface area contributed by atoms with Crippen LogP contribution >= 0.6 is 0 Å². The summed E-state index contributed by atoms with van der Waals surface area (Å²) in [6.07, 6.45) is 1.40. The summed E-state index contributed by atoms with van der Waals surface area (Å²) in [7, 11) is 1.07. The first-order valence-electron chi connectivity index (χ1n) is 9.34. The molecule has 0 bridgehead atoms. The van der Waals surface area contributed by atoms with Crippen molar-refractivity contribution in [2.75, 3.05) is 13.7 Å². The number of ether oxygens (including phenoxy) is 3. The summed E-state index contributed by atoms with van der Waals surface area (Å²) in [5, 5.41) is 2.16. The molecule has 0 heterocycles. The van der Waals surface area contributed by atoms with Gasteiger partial charge in [-0.15, -0.1) is 0 Å². The van der Waals surface area contributed by atoms with E-state index in [1.807, 2.05) is 13.0 Å². The Kier molecular flexibility index (Phi) is 8.80. The summed E-state index contributed by atoms with van der Waals surface area (Å²) in [4.78, 5) is 24.1. The Labute approximate surface area is 173 Å². The number of hydrogen-bond acceptors (Lipinski definition) is 5. The molecule has 2 rings (SSSR count). The third-order valence-electron chi connectivity index (χ3n) is 3.99. The second-order valence-electron chi connectivity index (χ2n) is 6.21. The SMILES string of the molecule is CCCCOc1ccc(F)c(/C=C(\NC(=O)OCc2ccccc2)C(=O)OC)c1F. The van der Waals surface area contributed by atoms with Crippen LogP contribution in [0.4, 0.5) is 13.6 Å². The molecular weight excluding hydrogens is 396 g/mol. The van der Waals surface area contributed by atoms with Crippen molar-refractivity contribution in [1.82, 2.24) is 5.32 Å². The molecule has 2 aromatic carbocycles. The summed E-state index contributed by atoms with van der Waals surface area (Å²) >= 11 is 0. The molecule has 0 fully saturated rings. The topological polar surface area (TPSA) is 73.9 Å². The van der Waals surface area contributed by atoms with Crippen molar-refractivity contribution >= 4 is 18.1 Å². The maximum atomic E-state index is 14.7. The van der Waals surface area contributed by atoms with Crippen LogP contribution in [-0.2, 0) is 20.9 Å². The molecule has 30 heavy (non-hydrogen) atoms. The van der Waals surface area contributed by atoms with Crippen LogP contribution in [0.3, 0.4) is 0 Å². The Hall–Kier alpha value is -3.42. The van der Waals surface area contributed by atoms with E-state index < -0.39 is 35.0 Å². The zero-order chi connectivity index (χ0) is 21.9. The zero-order valence-electron chi connectivity index (χ0n) is 16.7. The number of carbonyl (C=O) groups excluding carboxylic acids is 2. The number of halogens is 2. The Bertz CT molecular complexity index is 900. The third-order valence-corrected chi connectivity index (χ3v) is 3.99. The van der Waals surface area contributed by atoms with Gasteiger partial charge in [-0.3, -0.25) is 5.32 Å². The monoisotopic (exact) mass is 419 g/mol. The highest BCUT2D eigenvalue weighted by molar-refractivity contribution is 5.96. The molecule has 0 unspecified atom stereocenters. The quantitative estimate of drug-likeness (QED) is 0.366. The van der Waals surface area contributed by atoms with E-state index in [-0.39, 0.29) is 19.0 Å². The molecule has 0 aromatic heterocycles. The fraction of sp³-hybridized carbons (Fsp3) is 0.273. The summed E-state index contributed by atoms with van der Waals surface area (Å²) in [5.41, 5.74) is -0.308. The van der Waals surface area contributed by atoms with Gasteiger partial charge < -0.3 is 14.2 Å². The highest BCUT2D eigenvalue weighted by atomic mass is 19.1. The first-order chi connectivity index (χ1) is 14.5. The molecule has 160 valence electrons. The number of nitrogens with one attached hydrogen (secondary N) is 1. The lowest BCUT2D eigenvalue weighted by atomic mass is 10.1. The van der Waals surface area contributed by atoms with Gasteiger partial charge in [0.15, 0.2) is 11.6 Å². The minimum absolute atomic E-state index is 0.0510. The second-order valence-corrected chi connectivity index (χ2v) is 6.21. The van der Waals surface area contributed by atoms with Gasteiger partial charge in [-0.25, -0.2) is 18.4 Å². The summed E-state index contributed by atoms with van der Waals surface area (Å²) in [5.74, 6) is -3.09. The molecule has 0 aliphatic carbocycles. The summed E-state index contributed by atoms with van der Waals surface area (Å²) < 4.78 is 43.8. The van der Waals surface area contributed by atoms with E-state index in [1.54, 1.807) is 24.3 Å². The molecule has 1 N–H and O–H groups in total. The minimum Gasteiger partial charge on any atom is -0.490 e. The smallest absolute Gasteiger partial charge is 0.412 e. The molecule has 0 aliphatic rings. The van der Waals surface area contributed by atoms with Gasteiger partial charge in [0.25, 0.3) is 0 Å². The summed E-state index contributed by atoms with van der Waals surface area (Å²) in [6.45, 7) is 2.16. The maximum Gasteiger partial charge on any atom is 0.412 e. The predicted molar refractivity (Wildman–Crippen MR) is 107 cm³/mol. The Morgan fingerprint density at radius 2 is 1.83 bits per heavy atom. The van der Waals surface area contributed by atoms with Gasteiger partial charge >= 0.3 is 12.1 Å². The van der Waals surface area contributed by atoms with Crippen molar-refractivity contribution in [1.29, 1.82) is 0 Å². The van der Waals surface area contributed by atoms with Gasteiger partial charge in [-0.1, -0.05) is 43.7 Å². The molecule has 6 nitrogen and oxygen atoms in total. The standard InChI is InChI=1S/C22H23F2NO5/c1-3-4-12-29-19-11-10-17(23)16(20(19)24)13-18(21(26)28-2)25-22(27)30-14-15-8-6-5-7-9-15/h5-11,13H,3-4,12,14H2,1-2H3,(H,25,27)/b18-13-. The van der Waals surface area contributed by atoms with Crippen LogP contribution in [0.5, 0.6) is 5.75 Å². The molecular formula is C22H23F2NO5. The first kappa shape index (κ1) is 22.9. The maximum absolute atomic E-state index is 14.7. The molecule has 0 saturated carbocycles. The normalized spacial score (nSPS) is 11.0. The van der Waals surface area contributed by atoms with Crippen molar-refractivity contribution in [2.45, 2.75) is 26.4 Å². The largest absolute Gasteiger partial charge is 0.490 e. The van der Waals surface area contributed by atoms with Crippen LogP contribution in [0.1, 0.15) is 30.9 Å². The number of unbranched alkanes of at least 4 members (excludes halogenated alkanes) is 1. The highest BCUT2D eigenvalue weighted by Crippen LogP contribution is 2.25. The van der Waals surface area contributed by atoms with E-state index >= 15 is 0 Å². The van der Waals surface area contributed by atoms with Crippen LogP contribution < -0.4 is 10.1 Å². The van der Waals surface area contributed by atoms with Crippen molar-refractivity contribution in [3.63, 3.8) is 0 Å². The van der Waals surface area contributed by atoms with Crippen LogP contribution in [0.15, 0.2) is 48.2 Å². The van der Waals surface area contributed by atoms with E-state index in [0.29, 0.717) is 6.42 Å². The van der Waals surface area contributed by atoms with Crippen molar-refractivity contribution < 1.29 is 32.6 Å². The average Bonchev–Trinajstić information content (AvgIpc) is 2.76. The number of carbonyl (C=O) groups is 2. The van der Waals surface area contributed by atoms with Gasteiger partial charge in [-0.05, 0) is 30.2 Å². The number of amides is 1. The van der Waals surface area contributed by atoms with Gasteiger partial charge in [0.1, 0.15) is 18.1 Å². The number of hydrogen-bond donors (Lipinski definition) is 1. The number of esters is 1. The van der Waals surface area contributed by atoms with Crippen LogP contribution in [0.25, 0.3) is 6.08 Å². The molecule has 8 heteroatoms. The molecule has 0 aliphatic heterocycles. The second kappa shape index (κ2) is 11.5. The van der Waals surface area contributed by atoms with E-state index in [2.05, 4.69) is 10.1 Å². The van der Waals surface area contributed by atoms with Gasteiger partial charge in [-0.2, -0.15) is 0 Å². The number of methoxy groups -OCH3 is 1. The van der Waals surface area contributed by atoms with Crippen molar-refractivity contribution in [3.05, 3.63) is 70.9 Å². The van der Waals surface area contributed by atoms with Gasteiger partial charge in [0.2, 0.25) is 0 Å². The lowest BCUT2D eigenvalue weighted by molar-refractivity contribution is -0.136. The van der Waals surface area contributed by atoms with Crippen molar-refractivity contribution in [3.8, 4) is 5.75 Å². The minimum atomic E-state index is -0.997. The van der Waals surface area contributed by atoms with E-state index in [4.69, 9.17) is 9.47 Å². The Morgan fingerprint density at radius 1 is 1.10 bits per heavy atom. The Balaban J connectivity index is 2.20. The van der Waals surface area contributed by atoms with Crippen LogP contribution in [-0.4, -0.2) is 25.8 Å². The molecule has 1 amide bonds. The molecule has 0 spiro atoms. The predicted octanol–water partition coefficient (Wildman–Crippen LogP) is 4.58. The molecule has 0 atom stereocenters. The fourth-order valence-corrected chi connectivity index (χ4v) is 2.39. The van der Waals surface area contributed by atoms with E-state index in [9.17, 15) is 18.4 Å². The summed E-state index contributed by atoms with van der Waals surface area (Å²) in [6, 6.07) is 11.0.